The van der Waals surface area contributed by atoms with E-state index in [2.05, 4.69) is 42.1 Å². The summed E-state index contributed by atoms with van der Waals surface area (Å²) in [6, 6.07) is 18.9. The Morgan fingerprint density at radius 1 is 1.00 bits per heavy atom. The maximum atomic E-state index is 14.3. The van der Waals surface area contributed by atoms with E-state index in [0.29, 0.717) is 6.54 Å². The van der Waals surface area contributed by atoms with Gasteiger partial charge in [-0.3, -0.25) is 9.36 Å². The number of hydrogen-bond donors (Lipinski definition) is 1. The van der Waals surface area contributed by atoms with Gasteiger partial charge in [-0.15, -0.1) is 0 Å². The van der Waals surface area contributed by atoms with Gasteiger partial charge < -0.3 is 5.73 Å². The van der Waals surface area contributed by atoms with E-state index < -0.39 is 0 Å². The predicted octanol–water partition coefficient (Wildman–Crippen LogP) is 4.44. The summed E-state index contributed by atoms with van der Waals surface area (Å²) in [5.41, 5.74) is 9.66. The first-order valence-electron chi connectivity index (χ1n) is 11.9. The molecule has 1 aromatic heterocycles. The van der Waals surface area contributed by atoms with Crippen LogP contribution in [0.2, 0.25) is 0 Å². The van der Waals surface area contributed by atoms with Gasteiger partial charge in [0.25, 0.3) is 5.56 Å². The Kier molecular flexibility index (Phi) is 6.20. The van der Waals surface area contributed by atoms with E-state index in [4.69, 9.17) is 4.98 Å². The molecule has 1 spiro atoms. The molecule has 0 aliphatic heterocycles. The maximum Gasteiger partial charge on any atom is 0.258 e. The summed E-state index contributed by atoms with van der Waals surface area (Å²) in [6.45, 7) is 1.47. The molecule has 0 saturated heterocycles. The summed E-state index contributed by atoms with van der Waals surface area (Å²) in [4.78, 5) is 19.5. The summed E-state index contributed by atoms with van der Waals surface area (Å²) < 4.78 is 1.95. The molecule has 5 rings (SSSR count). The second kappa shape index (κ2) is 9.24. The van der Waals surface area contributed by atoms with Crippen LogP contribution in [-0.2, 0) is 18.4 Å². The van der Waals surface area contributed by atoms with Crippen molar-refractivity contribution in [3.63, 3.8) is 0 Å². The summed E-state index contributed by atoms with van der Waals surface area (Å²) >= 11 is 1.70. The average molecular weight is 447 g/mol. The third-order valence-electron chi connectivity index (χ3n) is 7.09. The Morgan fingerprint density at radius 2 is 1.75 bits per heavy atom. The van der Waals surface area contributed by atoms with Gasteiger partial charge in [-0.25, -0.2) is 4.98 Å². The minimum atomic E-state index is -0.0685. The zero-order valence-electron chi connectivity index (χ0n) is 18.7. The van der Waals surface area contributed by atoms with Crippen molar-refractivity contribution in [1.82, 2.24) is 9.55 Å². The van der Waals surface area contributed by atoms with Crippen LogP contribution in [0.5, 0.6) is 0 Å². The normalized spacial score (nSPS) is 16.5. The fraction of sp³-hybridized carbons (Fsp3) is 0.407. The molecule has 0 amide bonds. The molecule has 3 N–H and O–H groups in total. The molecule has 0 bridgehead atoms. The third-order valence-corrected chi connectivity index (χ3v) is 8.15. The average Bonchev–Trinajstić information content (AvgIpc) is 2.82. The quantitative estimate of drug-likeness (QED) is 0.346. The molecule has 1 saturated carbocycles. The number of fused-ring (bicyclic) bond motifs is 4. The fourth-order valence-corrected chi connectivity index (χ4v) is 6.49. The van der Waals surface area contributed by atoms with Crippen LogP contribution in [0.3, 0.4) is 0 Å². The van der Waals surface area contributed by atoms with Crippen LogP contribution in [0.4, 0.5) is 0 Å². The summed E-state index contributed by atoms with van der Waals surface area (Å²) in [7, 11) is 0. The lowest BCUT2D eigenvalue weighted by Gasteiger charge is -2.42. The number of nitrogens with zero attached hydrogens (tertiary/aromatic N) is 2. The monoisotopic (exact) mass is 446 g/mol. The largest absolute Gasteiger partial charge is 0.358 e. The smallest absolute Gasteiger partial charge is 0.258 e. The molecule has 5 heteroatoms. The first-order valence-corrected chi connectivity index (χ1v) is 12.9. The molecule has 1 heterocycles. The van der Waals surface area contributed by atoms with E-state index in [9.17, 15) is 4.79 Å². The van der Waals surface area contributed by atoms with Crippen molar-refractivity contribution < 1.29 is 5.73 Å². The second-order valence-corrected chi connectivity index (χ2v) is 10.3. The van der Waals surface area contributed by atoms with Crippen molar-refractivity contribution >= 4 is 11.8 Å². The highest BCUT2D eigenvalue weighted by Crippen LogP contribution is 2.48. The van der Waals surface area contributed by atoms with E-state index >= 15 is 0 Å². The van der Waals surface area contributed by atoms with Gasteiger partial charge in [-0.05, 0) is 30.4 Å². The van der Waals surface area contributed by atoms with Crippen LogP contribution < -0.4 is 11.3 Å². The van der Waals surface area contributed by atoms with Crippen LogP contribution in [0.15, 0.2) is 64.5 Å². The van der Waals surface area contributed by atoms with Gasteiger partial charge in [-0.1, -0.05) is 85.6 Å². The standard InChI is InChI=1S/C27H31N3OS/c28-16-9-17-32-26-29-24-22-13-6-5-12-21(22)18-27(14-7-2-8-15-27)23(24)25(31)30(26)19-20-10-3-1-4-11-20/h1,3-6,10-13H,2,7-9,14-19,28H2/p+1. The molecule has 32 heavy (non-hydrogen) atoms. The van der Waals surface area contributed by atoms with Gasteiger partial charge >= 0.3 is 0 Å². The zero-order chi connectivity index (χ0) is 22.0. The fourth-order valence-electron chi connectivity index (χ4n) is 5.50. The van der Waals surface area contributed by atoms with Gasteiger partial charge in [0, 0.05) is 23.2 Å². The molecule has 1 fully saturated rings. The van der Waals surface area contributed by atoms with E-state index in [0.717, 1.165) is 65.5 Å². The minimum absolute atomic E-state index is 0.0685. The van der Waals surface area contributed by atoms with Crippen LogP contribution >= 0.6 is 11.8 Å². The second-order valence-electron chi connectivity index (χ2n) is 9.23. The van der Waals surface area contributed by atoms with Crippen molar-refractivity contribution in [2.75, 3.05) is 12.3 Å². The molecule has 3 aromatic rings. The van der Waals surface area contributed by atoms with E-state index in [-0.39, 0.29) is 11.0 Å². The molecule has 0 atom stereocenters. The number of aromatic nitrogens is 2. The number of thioether (sulfide) groups is 1. The topological polar surface area (TPSA) is 62.5 Å². The third kappa shape index (κ3) is 3.93. The first kappa shape index (κ1) is 21.5. The lowest BCUT2D eigenvalue weighted by molar-refractivity contribution is -0.367. The molecule has 2 aromatic carbocycles. The Balaban J connectivity index is 1.71. The lowest BCUT2D eigenvalue weighted by atomic mass is 9.62. The zero-order valence-corrected chi connectivity index (χ0v) is 19.5. The summed E-state index contributed by atoms with van der Waals surface area (Å²) in [5.74, 6) is 0.927. The maximum absolute atomic E-state index is 14.3. The Hall–Kier alpha value is -2.37. The Morgan fingerprint density at radius 3 is 2.53 bits per heavy atom. The van der Waals surface area contributed by atoms with Gasteiger partial charge in [-0.2, -0.15) is 0 Å². The van der Waals surface area contributed by atoms with E-state index in [1.54, 1.807) is 11.8 Å². The summed E-state index contributed by atoms with van der Waals surface area (Å²) in [6.07, 6.45) is 7.81. The number of benzene rings is 2. The molecule has 2 aliphatic rings. The number of quaternary nitrogens is 1. The van der Waals surface area contributed by atoms with Crippen molar-refractivity contribution in [2.45, 2.75) is 62.1 Å². The SMILES string of the molecule is [NH3+]CCCSc1nc2c(c(=O)n1Cc1ccccc1)C1(CCCCC1)Cc1ccccc1-2. The lowest BCUT2D eigenvalue weighted by Crippen LogP contribution is -2.50. The first-order chi connectivity index (χ1) is 15.7. The van der Waals surface area contributed by atoms with Crippen LogP contribution in [0.25, 0.3) is 11.3 Å². The van der Waals surface area contributed by atoms with Crippen LogP contribution in [-0.4, -0.2) is 21.8 Å². The number of hydrogen-bond acceptors (Lipinski definition) is 3. The van der Waals surface area contributed by atoms with Gasteiger partial charge in [0.05, 0.1) is 24.3 Å². The van der Waals surface area contributed by atoms with Crippen LogP contribution in [0, 0.1) is 0 Å². The predicted molar refractivity (Wildman–Crippen MR) is 131 cm³/mol. The van der Waals surface area contributed by atoms with Gasteiger partial charge in [0.1, 0.15) is 0 Å². The molecule has 166 valence electrons. The van der Waals surface area contributed by atoms with Crippen molar-refractivity contribution in [2.24, 2.45) is 0 Å². The van der Waals surface area contributed by atoms with E-state index in [1.165, 1.54) is 24.8 Å². The van der Waals surface area contributed by atoms with Crippen molar-refractivity contribution in [3.05, 3.63) is 81.6 Å². The minimum Gasteiger partial charge on any atom is -0.358 e. The van der Waals surface area contributed by atoms with E-state index in [1.807, 2.05) is 22.8 Å². The van der Waals surface area contributed by atoms with Crippen molar-refractivity contribution in [3.8, 4) is 11.3 Å². The molecule has 4 nitrogen and oxygen atoms in total. The summed E-state index contributed by atoms with van der Waals surface area (Å²) in [5, 5.41) is 0.841. The van der Waals surface area contributed by atoms with Gasteiger partial charge in [0.15, 0.2) is 5.16 Å². The van der Waals surface area contributed by atoms with Crippen molar-refractivity contribution in [1.29, 1.82) is 0 Å². The molecule has 2 aliphatic carbocycles. The van der Waals surface area contributed by atoms with Crippen LogP contribution in [0.1, 0.15) is 55.2 Å². The molecule has 0 radical (unpaired) electrons. The Bertz CT molecular complexity index is 1150. The highest BCUT2D eigenvalue weighted by atomic mass is 32.2. The Labute approximate surface area is 194 Å². The molecule has 0 unspecified atom stereocenters. The highest BCUT2D eigenvalue weighted by molar-refractivity contribution is 7.99. The van der Waals surface area contributed by atoms with Gasteiger partial charge in [0.2, 0.25) is 0 Å². The highest BCUT2D eigenvalue weighted by Gasteiger charge is 2.43. The number of rotatable bonds is 6. The molecular weight excluding hydrogens is 414 g/mol. The molecular formula is C27H32N3OS+.